The topological polar surface area (TPSA) is 58.6 Å². The summed E-state index contributed by atoms with van der Waals surface area (Å²) < 4.78 is 5.35. The summed E-state index contributed by atoms with van der Waals surface area (Å²) in [4.78, 5) is 12.1. The number of aromatic hydroxyl groups is 1. The van der Waals surface area contributed by atoms with Gasteiger partial charge in [-0.2, -0.15) is 0 Å². The predicted octanol–water partition coefficient (Wildman–Crippen LogP) is 2.25. The van der Waals surface area contributed by atoms with E-state index in [4.69, 9.17) is 4.74 Å². The molecule has 1 fully saturated rings. The van der Waals surface area contributed by atoms with Crippen LogP contribution < -0.4 is 5.32 Å². The molecule has 0 unspecified atom stereocenters. The lowest BCUT2D eigenvalue weighted by Gasteiger charge is -2.33. The van der Waals surface area contributed by atoms with Crippen molar-refractivity contribution in [1.29, 1.82) is 0 Å². The maximum atomic E-state index is 12.1. The van der Waals surface area contributed by atoms with Gasteiger partial charge in [0.05, 0.1) is 0 Å². The fourth-order valence-electron chi connectivity index (χ4n) is 2.33. The summed E-state index contributed by atoms with van der Waals surface area (Å²) in [5.74, 6) is 0.107. The first-order valence-corrected chi connectivity index (χ1v) is 6.66. The van der Waals surface area contributed by atoms with E-state index in [1.807, 2.05) is 6.92 Å². The number of carbonyl (C=O) groups is 1. The number of rotatable bonds is 3. The van der Waals surface area contributed by atoms with Crippen molar-refractivity contribution in [1.82, 2.24) is 5.32 Å². The number of nitrogens with one attached hydrogen (secondary N) is 1. The number of ether oxygens (including phenoxy) is 1. The van der Waals surface area contributed by atoms with Gasteiger partial charge in [0.2, 0.25) is 0 Å². The van der Waals surface area contributed by atoms with E-state index in [0.29, 0.717) is 12.1 Å². The van der Waals surface area contributed by atoms with Crippen molar-refractivity contribution in [2.45, 2.75) is 26.7 Å². The zero-order valence-electron chi connectivity index (χ0n) is 11.5. The summed E-state index contributed by atoms with van der Waals surface area (Å²) in [6.07, 6.45) is 1.95. The lowest BCUT2D eigenvalue weighted by atomic mass is 9.82. The Hall–Kier alpha value is -1.55. The van der Waals surface area contributed by atoms with Gasteiger partial charge < -0.3 is 15.2 Å². The molecule has 0 aromatic heterocycles. The first-order valence-electron chi connectivity index (χ1n) is 6.66. The van der Waals surface area contributed by atoms with Crippen molar-refractivity contribution in [2.24, 2.45) is 5.41 Å². The van der Waals surface area contributed by atoms with E-state index in [2.05, 4.69) is 12.2 Å². The fraction of sp³-hybridized carbons (Fsp3) is 0.533. The third-order valence-electron chi connectivity index (χ3n) is 3.83. The van der Waals surface area contributed by atoms with E-state index < -0.39 is 0 Å². The van der Waals surface area contributed by atoms with Crippen LogP contribution in [-0.4, -0.2) is 30.8 Å². The third-order valence-corrected chi connectivity index (χ3v) is 3.83. The van der Waals surface area contributed by atoms with E-state index in [0.717, 1.165) is 31.6 Å². The summed E-state index contributed by atoms with van der Waals surface area (Å²) in [6, 6.07) is 4.80. The molecule has 0 saturated carbocycles. The Morgan fingerprint density at radius 1 is 1.42 bits per heavy atom. The summed E-state index contributed by atoms with van der Waals surface area (Å²) >= 11 is 0. The highest BCUT2D eigenvalue weighted by molar-refractivity contribution is 5.95. The van der Waals surface area contributed by atoms with Gasteiger partial charge in [-0.05, 0) is 48.9 Å². The van der Waals surface area contributed by atoms with Crippen molar-refractivity contribution in [3.05, 3.63) is 29.3 Å². The van der Waals surface area contributed by atoms with Gasteiger partial charge in [-0.1, -0.05) is 6.92 Å². The molecule has 0 atom stereocenters. The monoisotopic (exact) mass is 263 g/mol. The van der Waals surface area contributed by atoms with Crippen molar-refractivity contribution < 1.29 is 14.6 Å². The zero-order valence-corrected chi connectivity index (χ0v) is 11.5. The number of phenolic OH excluding ortho intramolecular Hbond substituents is 1. The molecule has 0 spiro atoms. The Kier molecular flexibility index (Phi) is 4.10. The smallest absolute Gasteiger partial charge is 0.251 e. The standard InChI is InChI=1S/C15H21NO3/c1-11-9-12(17)3-4-13(11)14(18)16-10-15(2)5-7-19-8-6-15/h3-4,9,17H,5-8,10H2,1-2H3,(H,16,18). The summed E-state index contributed by atoms with van der Waals surface area (Å²) in [5.41, 5.74) is 1.53. The van der Waals surface area contributed by atoms with Gasteiger partial charge in [0.1, 0.15) is 5.75 Å². The molecule has 4 heteroatoms. The van der Waals surface area contributed by atoms with Crippen LogP contribution in [-0.2, 0) is 4.74 Å². The SMILES string of the molecule is Cc1cc(O)ccc1C(=O)NCC1(C)CCOCC1. The maximum Gasteiger partial charge on any atom is 0.251 e. The van der Waals surface area contributed by atoms with Crippen LogP contribution in [0.1, 0.15) is 35.7 Å². The van der Waals surface area contributed by atoms with Gasteiger partial charge in [0.25, 0.3) is 5.91 Å². The van der Waals surface area contributed by atoms with Crippen LogP contribution in [0.25, 0.3) is 0 Å². The van der Waals surface area contributed by atoms with Crippen LogP contribution in [0, 0.1) is 12.3 Å². The Labute approximate surface area is 113 Å². The summed E-state index contributed by atoms with van der Waals surface area (Å²) in [5, 5.41) is 12.3. The van der Waals surface area contributed by atoms with E-state index in [-0.39, 0.29) is 17.1 Å². The molecule has 1 aliphatic heterocycles. The normalized spacial score (nSPS) is 18.0. The van der Waals surface area contributed by atoms with Gasteiger partial charge in [-0.15, -0.1) is 0 Å². The second kappa shape index (κ2) is 5.61. The molecule has 104 valence electrons. The highest BCUT2D eigenvalue weighted by Crippen LogP contribution is 2.28. The molecule has 0 bridgehead atoms. The van der Waals surface area contributed by atoms with Crippen molar-refractivity contribution in [3.63, 3.8) is 0 Å². The summed E-state index contributed by atoms with van der Waals surface area (Å²) in [7, 11) is 0. The van der Waals surface area contributed by atoms with Gasteiger partial charge in [-0.25, -0.2) is 0 Å². The molecule has 0 aliphatic carbocycles. The first-order chi connectivity index (χ1) is 9.00. The van der Waals surface area contributed by atoms with Gasteiger partial charge >= 0.3 is 0 Å². The Bertz CT molecular complexity index is 464. The van der Waals surface area contributed by atoms with Crippen LogP contribution in [0.2, 0.25) is 0 Å². The van der Waals surface area contributed by atoms with Crippen molar-refractivity contribution >= 4 is 5.91 Å². The highest BCUT2D eigenvalue weighted by Gasteiger charge is 2.27. The number of hydrogen-bond acceptors (Lipinski definition) is 3. The zero-order chi connectivity index (χ0) is 13.9. The average molecular weight is 263 g/mol. The Balaban J connectivity index is 1.97. The Morgan fingerprint density at radius 3 is 2.74 bits per heavy atom. The van der Waals surface area contributed by atoms with Crippen molar-refractivity contribution in [3.8, 4) is 5.75 Å². The lowest BCUT2D eigenvalue weighted by molar-refractivity contribution is 0.0238. The van der Waals surface area contributed by atoms with E-state index in [1.54, 1.807) is 12.1 Å². The molecule has 19 heavy (non-hydrogen) atoms. The molecule has 2 N–H and O–H groups in total. The maximum absolute atomic E-state index is 12.1. The molecule has 2 rings (SSSR count). The average Bonchev–Trinajstić information content (AvgIpc) is 2.37. The number of aryl methyl sites for hydroxylation is 1. The van der Waals surface area contributed by atoms with Gasteiger partial charge in [0.15, 0.2) is 0 Å². The summed E-state index contributed by atoms with van der Waals surface area (Å²) in [6.45, 7) is 6.20. The molecule has 1 saturated heterocycles. The second-order valence-corrected chi connectivity index (χ2v) is 5.60. The minimum absolute atomic E-state index is 0.0785. The van der Waals surface area contributed by atoms with Crippen LogP contribution in [0.5, 0.6) is 5.75 Å². The number of amides is 1. The minimum atomic E-state index is -0.0785. The van der Waals surface area contributed by atoms with Crippen molar-refractivity contribution in [2.75, 3.05) is 19.8 Å². The highest BCUT2D eigenvalue weighted by atomic mass is 16.5. The second-order valence-electron chi connectivity index (χ2n) is 5.60. The predicted molar refractivity (Wildman–Crippen MR) is 73.3 cm³/mol. The number of hydrogen-bond donors (Lipinski definition) is 2. The van der Waals surface area contributed by atoms with Gasteiger partial charge in [0, 0.05) is 25.3 Å². The van der Waals surface area contributed by atoms with E-state index >= 15 is 0 Å². The van der Waals surface area contributed by atoms with Gasteiger partial charge in [-0.3, -0.25) is 4.79 Å². The number of benzene rings is 1. The van der Waals surface area contributed by atoms with Crippen LogP contribution in [0.15, 0.2) is 18.2 Å². The molecule has 1 amide bonds. The van der Waals surface area contributed by atoms with Crippen LogP contribution >= 0.6 is 0 Å². The van der Waals surface area contributed by atoms with Crippen LogP contribution in [0.3, 0.4) is 0 Å². The molecule has 1 heterocycles. The molecule has 0 radical (unpaired) electrons. The molecule has 4 nitrogen and oxygen atoms in total. The van der Waals surface area contributed by atoms with E-state index in [1.165, 1.54) is 6.07 Å². The molecule has 1 aromatic carbocycles. The molecule has 1 aromatic rings. The molecular weight excluding hydrogens is 242 g/mol. The fourth-order valence-corrected chi connectivity index (χ4v) is 2.33. The molecule has 1 aliphatic rings. The first kappa shape index (κ1) is 13.9. The number of carbonyl (C=O) groups excluding carboxylic acids is 1. The number of phenols is 1. The van der Waals surface area contributed by atoms with Crippen LogP contribution in [0.4, 0.5) is 0 Å². The van der Waals surface area contributed by atoms with E-state index in [9.17, 15) is 9.90 Å². The quantitative estimate of drug-likeness (QED) is 0.879. The lowest BCUT2D eigenvalue weighted by Crippen LogP contribution is -2.39. The minimum Gasteiger partial charge on any atom is -0.508 e. The Morgan fingerprint density at radius 2 is 2.11 bits per heavy atom. The molecular formula is C15H21NO3. The third kappa shape index (κ3) is 3.47. The largest absolute Gasteiger partial charge is 0.508 e.